The lowest BCUT2D eigenvalue weighted by Gasteiger charge is -2.43. The number of guanidine groups is 1. The molecule has 2 rings (SSSR count). The molecule has 1 aromatic rings. The Balaban J connectivity index is 1.96. The van der Waals surface area contributed by atoms with E-state index >= 15 is 0 Å². The van der Waals surface area contributed by atoms with E-state index in [9.17, 15) is 0 Å². The fraction of sp³-hybridized carbons (Fsp3) is 0.611. The first-order chi connectivity index (χ1) is 11.5. The van der Waals surface area contributed by atoms with E-state index in [2.05, 4.69) is 41.3 Å². The minimum absolute atomic E-state index is 0.120. The molecule has 0 unspecified atom stereocenters. The van der Waals surface area contributed by atoms with Gasteiger partial charge in [-0.15, -0.1) is 0 Å². The Morgan fingerprint density at radius 2 is 1.83 bits per heavy atom. The summed E-state index contributed by atoms with van der Waals surface area (Å²) < 4.78 is 5.54. The van der Waals surface area contributed by atoms with E-state index in [0.29, 0.717) is 0 Å². The van der Waals surface area contributed by atoms with E-state index in [-0.39, 0.29) is 5.54 Å². The van der Waals surface area contributed by atoms with Gasteiger partial charge in [0.15, 0.2) is 5.96 Å². The standard InChI is InChI=1S/C18H29ClN4O/c1-20-17(23(4)13-15-5-7-16(19)8-6-15)21-14-18(22(2)3)9-11-24-12-10-18/h5-8H,9-14H2,1-4H3,(H,20,21). The first kappa shape index (κ1) is 19.0. The van der Waals surface area contributed by atoms with E-state index in [1.54, 1.807) is 0 Å². The molecule has 24 heavy (non-hydrogen) atoms. The molecule has 6 heteroatoms. The summed E-state index contributed by atoms with van der Waals surface area (Å²) in [5.74, 6) is 0.901. The SMILES string of the molecule is CN=C(NCC1(N(C)C)CCOCC1)N(C)Cc1ccc(Cl)cc1. The number of halogens is 1. The summed E-state index contributed by atoms with van der Waals surface area (Å²) in [7, 11) is 8.17. The van der Waals surface area contributed by atoms with Gasteiger partial charge >= 0.3 is 0 Å². The number of hydrogen-bond donors (Lipinski definition) is 1. The van der Waals surface area contributed by atoms with Crippen molar-refractivity contribution in [1.29, 1.82) is 0 Å². The van der Waals surface area contributed by atoms with Gasteiger partial charge in [0.25, 0.3) is 0 Å². The van der Waals surface area contributed by atoms with Gasteiger partial charge in [-0.1, -0.05) is 23.7 Å². The molecule has 0 bridgehead atoms. The van der Waals surface area contributed by atoms with E-state index in [4.69, 9.17) is 16.3 Å². The second kappa shape index (κ2) is 8.70. The molecule has 1 aliphatic rings. The van der Waals surface area contributed by atoms with E-state index in [1.165, 1.54) is 5.56 Å². The maximum absolute atomic E-state index is 5.95. The van der Waals surface area contributed by atoms with E-state index in [0.717, 1.165) is 50.1 Å². The van der Waals surface area contributed by atoms with Gasteiger partial charge in [-0.3, -0.25) is 4.99 Å². The average molecular weight is 353 g/mol. The normalized spacial score (nSPS) is 17.8. The quantitative estimate of drug-likeness (QED) is 0.652. The van der Waals surface area contributed by atoms with Gasteiger partial charge < -0.3 is 19.9 Å². The number of nitrogens with one attached hydrogen (secondary N) is 1. The largest absolute Gasteiger partial charge is 0.381 e. The summed E-state index contributed by atoms with van der Waals surface area (Å²) in [5.41, 5.74) is 1.33. The van der Waals surface area contributed by atoms with Gasteiger partial charge in [0.2, 0.25) is 0 Å². The molecule has 1 fully saturated rings. The molecule has 1 aromatic carbocycles. The number of likely N-dealkylation sites (N-methyl/N-ethyl adjacent to an activating group) is 1. The van der Waals surface area contributed by atoms with Gasteiger partial charge in [-0.05, 0) is 44.6 Å². The van der Waals surface area contributed by atoms with Crippen molar-refractivity contribution in [2.45, 2.75) is 24.9 Å². The minimum Gasteiger partial charge on any atom is -0.381 e. The molecule has 0 saturated carbocycles. The predicted octanol–water partition coefficient (Wildman–Crippen LogP) is 2.46. The van der Waals surface area contributed by atoms with Crippen LogP contribution in [0.3, 0.4) is 0 Å². The van der Waals surface area contributed by atoms with Crippen LogP contribution in [-0.4, -0.2) is 69.2 Å². The molecule has 5 nitrogen and oxygen atoms in total. The van der Waals surface area contributed by atoms with Crippen LogP contribution in [0.15, 0.2) is 29.3 Å². The first-order valence-electron chi connectivity index (χ1n) is 8.38. The monoisotopic (exact) mass is 352 g/mol. The van der Waals surface area contributed by atoms with Crippen molar-refractivity contribution in [2.75, 3.05) is 47.9 Å². The van der Waals surface area contributed by atoms with Gasteiger partial charge in [0.1, 0.15) is 0 Å². The Morgan fingerprint density at radius 1 is 1.21 bits per heavy atom. The van der Waals surface area contributed by atoms with Crippen LogP contribution >= 0.6 is 11.6 Å². The number of nitrogens with zero attached hydrogens (tertiary/aromatic N) is 3. The second-order valence-electron chi connectivity index (χ2n) is 6.61. The van der Waals surface area contributed by atoms with Crippen LogP contribution in [0.2, 0.25) is 5.02 Å². The van der Waals surface area contributed by atoms with Crippen molar-refractivity contribution in [2.24, 2.45) is 4.99 Å². The molecule has 0 radical (unpaired) electrons. The fourth-order valence-corrected chi connectivity index (χ4v) is 3.23. The molecule has 134 valence electrons. The molecule has 1 saturated heterocycles. The third-order valence-corrected chi connectivity index (χ3v) is 5.11. The zero-order valence-electron chi connectivity index (χ0n) is 15.2. The van der Waals surface area contributed by atoms with E-state index in [1.807, 2.05) is 31.3 Å². The van der Waals surface area contributed by atoms with Crippen LogP contribution < -0.4 is 5.32 Å². The number of ether oxygens (including phenoxy) is 1. The number of hydrogen-bond acceptors (Lipinski definition) is 3. The van der Waals surface area contributed by atoms with Crippen molar-refractivity contribution in [1.82, 2.24) is 15.1 Å². The smallest absolute Gasteiger partial charge is 0.193 e. The summed E-state index contributed by atoms with van der Waals surface area (Å²) in [6.07, 6.45) is 2.07. The second-order valence-corrected chi connectivity index (χ2v) is 7.05. The first-order valence-corrected chi connectivity index (χ1v) is 8.76. The molecule has 1 N–H and O–H groups in total. The lowest BCUT2D eigenvalue weighted by molar-refractivity contribution is -0.00522. The van der Waals surface area contributed by atoms with Crippen LogP contribution in [0.4, 0.5) is 0 Å². The lowest BCUT2D eigenvalue weighted by Crippen LogP contribution is -2.57. The van der Waals surface area contributed by atoms with Crippen LogP contribution in [0, 0.1) is 0 Å². The summed E-state index contributed by atoms with van der Waals surface area (Å²) in [6.45, 7) is 3.29. The van der Waals surface area contributed by atoms with Crippen LogP contribution in [0.5, 0.6) is 0 Å². The number of rotatable bonds is 5. The van der Waals surface area contributed by atoms with Crippen LogP contribution in [0.25, 0.3) is 0 Å². The number of benzene rings is 1. The molecule has 1 aliphatic heterocycles. The third-order valence-electron chi connectivity index (χ3n) is 4.85. The summed E-state index contributed by atoms with van der Waals surface area (Å²) in [4.78, 5) is 8.88. The minimum atomic E-state index is 0.120. The van der Waals surface area contributed by atoms with Crippen molar-refractivity contribution in [3.05, 3.63) is 34.9 Å². The summed E-state index contributed by atoms with van der Waals surface area (Å²) >= 11 is 5.95. The Morgan fingerprint density at radius 3 is 2.38 bits per heavy atom. The highest BCUT2D eigenvalue weighted by Gasteiger charge is 2.35. The Labute approximate surface area is 150 Å². The molecular formula is C18H29ClN4O. The molecule has 0 aromatic heterocycles. The maximum Gasteiger partial charge on any atom is 0.193 e. The van der Waals surface area contributed by atoms with Crippen molar-refractivity contribution in [3.63, 3.8) is 0 Å². The average Bonchev–Trinajstić information content (AvgIpc) is 2.58. The number of aliphatic imine (C=N–C) groups is 1. The van der Waals surface area contributed by atoms with Crippen molar-refractivity contribution < 1.29 is 4.74 Å². The molecule has 0 aliphatic carbocycles. The summed E-state index contributed by atoms with van der Waals surface area (Å²) in [5, 5.41) is 4.31. The Hall–Kier alpha value is -1.30. The molecule has 1 heterocycles. The predicted molar refractivity (Wildman–Crippen MR) is 101 cm³/mol. The zero-order valence-corrected chi connectivity index (χ0v) is 15.9. The zero-order chi connectivity index (χ0) is 17.6. The van der Waals surface area contributed by atoms with Gasteiger partial charge in [0, 0.05) is 51.0 Å². The highest BCUT2D eigenvalue weighted by atomic mass is 35.5. The van der Waals surface area contributed by atoms with E-state index < -0.39 is 0 Å². The molecule has 0 spiro atoms. The molecule has 0 atom stereocenters. The summed E-state index contributed by atoms with van der Waals surface area (Å²) in [6, 6.07) is 7.94. The highest BCUT2D eigenvalue weighted by molar-refractivity contribution is 6.30. The lowest BCUT2D eigenvalue weighted by atomic mass is 9.88. The van der Waals surface area contributed by atoms with Gasteiger partial charge in [-0.2, -0.15) is 0 Å². The third kappa shape index (κ3) is 4.85. The Kier molecular flexibility index (Phi) is 6.90. The van der Waals surface area contributed by atoms with Crippen LogP contribution in [0.1, 0.15) is 18.4 Å². The molecular weight excluding hydrogens is 324 g/mol. The maximum atomic E-state index is 5.95. The van der Waals surface area contributed by atoms with Crippen LogP contribution in [-0.2, 0) is 11.3 Å². The van der Waals surface area contributed by atoms with Gasteiger partial charge in [-0.25, -0.2) is 0 Å². The molecule has 0 amide bonds. The fourth-order valence-electron chi connectivity index (χ4n) is 3.10. The van der Waals surface area contributed by atoms with Gasteiger partial charge in [0.05, 0.1) is 0 Å². The Bertz CT molecular complexity index is 538. The topological polar surface area (TPSA) is 40.1 Å². The van der Waals surface area contributed by atoms with Crippen molar-refractivity contribution >= 4 is 17.6 Å². The highest BCUT2D eigenvalue weighted by Crippen LogP contribution is 2.25. The van der Waals surface area contributed by atoms with Crippen molar-refractivity contribution in [3.8, 4) is 0 Å².